The molecule has 3 rings (SSSR count). The fraction of sp³-hybridized carbons (Fsp3) is 0.136. The molecule has 3 aromatic carbocycles. The molecule has 0 aromatic heterocycles. The van der Waals surface area contributed by atoms with Gasteiger partial charge in [0.15, 0.2) is 0 Å². The van der Waals surface area contributed by atoms with Crippen LogP contribution in [0, 0.1) is 16.0 Å². The van der Waals surface area contributed by atoms with E-state index in [9.17, 15) is 14.9 Å². The maximum absolute atomic E-state index is 11.7. The van der Waals surface area contributed by atoms with Crippen molar-refractivity contribution in [2.45, 2.75) is 13.8 Å². The Balaban J connectivity index is 1.59. The normalized spacial score (nSPS) is 10.9. The zero-order chi connectivity index (χ0) is 21.5. The minimum Gasteiger partial charge on any atom is -0.356 e. The van der Waals surface area contributed by atoms with Crippen molar-refractivity contribution in [1.29, 1.82) is 0 Å². The highest BCUT2D eigenvalue weighted by molar-refractivity contribution is 5.92. The fourth-order valence-corrected chi connectivity index (χ4v) is 2.46. The van der Waals surface area contributed by atoms with E-state index in [2.05, 4.69) is 20.9 Å². The van der Waals surface area contributed by atoms with Gasteiger partial charge in [-0.1, -0.05) is 13.8 Å². The minimum atomic E-state index is -0.456. The highest BCUT2D eigenvalue weighted by atomic mass is 16.6. The van der Waals surface area contributed by atoms with Crippen molar-refractivity contribution in [2.24, 2.45) is 16.1 Å². The smallest absolute Gasteiger partial charge is 0.269 e. The SMILES string of the molecule is CC(C)C(=O)Nc1ccc(Nc2ccc(N=Nc3ccc([N+](=O)[O-])cc3)cc2)cc1. The molecule has 0 atom stereocenters. The van der Waals surface area contributed by atoms with Crippen molar-refractivity contribution in [3.05, 3.63) is 82.9 Å². The van der Waals surface area contributed by atoms with Gasteiger partial charge in [0, 0.05) is 35.1 Å². The second kappa shape index (κ2) is 9.42. The number of hydrogen-bond acceptors (Lipinski definition) is 6. The van der Waals surface area contributed by atoms with Gasteiger partial charge in [0.05, 0.1) is 16.3 Å². The molecule has 1 amide bonds. The Morgan fingerprint density at radius 3 is 1.70 bits per heavy atom. The lowest BCUT2D eigenvalue weighted by Crippen LogP contribution is -2.17. The molecule has 0 saturated heterocycles. The summed E-state index contributed by atoms with van der Waals surface area (Å²) in [5.74, 6) is -0.0898. The molecule has 0 saturated carbocycles. The van der Waals surface area contributed by atoms with Crippen molar-refractivity contribution in [3.63, 3.8) is 0 Å². The first-order valence-electron chi connectivity index (χ1n) is 9.35. The molecule has 30 heavy (non-hydrogen) atoms. The largest absolute Gasteiger partial charge is 0.356 e. The molecule has 0 radical (unpaired) electrons. The summed E-state index contributed by atoms with van der Waals surface area (Å²) in [7, 11) is 0. The highest BCUT2D eigenvalue weighted by Crippen LogP contribution is 2.24. The monoisotopic (exact) mass is 403 g/mol. The molecule has 0 fully saturated rings. The summed E-state index contributed by atoms with van der Waals surface area (Å²) in [4.78, 5) is 21.9. The summed E-state index contributed by atoms with van der Waals surface area (Å²) in [5.41, 5.74) is 3.72. The Hall–Kier alpha value is -4.07. The number of carbonyl (C=O) groups is 1. The number of benzene rings is 3. The molecule has 0 unspecified atom stereocenters. The third kappa shape index (κ3) is 5.71. The number of carbonyl (C=O) groups excluding carboxylic acids is 1. The Bertz CT molecular complexity index is 1040. The van der Waals surface area contributed by atoms with Gasteiger partial charge in [0.25, 0.3) is 5.69 Å². The van der Waals surface area contributed by atoms with Crippen LogP contribution in [0.2, 0.25) is 0 Å². The van der Waals surface area contributed by atoms with Gasteiger partial charge in [-0.2, -0.15) is 10.2 Å². The average molecular weight is 403 g/mol. The Labute approximate surface area is 173 Å². The molecular formula is C22H21N5O3. The number of nitro benzene ring substituents is 1. The van der Waals surface area contributed by atoms with E-state index < -0.39 is 4.92 Å². The number of nitrogens with one attached hydrogen (secondary N) is 2. The van der Waals surface area contributed by atoms with Crippen LogP contribution in [-0.4, -0.2) is 10.8 Å². The van der Waals surface area contributed by atoms with Gasteiger partial charge < -0.3 is 10.6 Å². The van der Waals surface area contributed by atoms with Crippen LogP contribution in [0.25, 0.3) is 0 Å². The maximum atomic E-state index is 11.7. The molecule has 0 heterocycles. The number of nitrogens with zero attached hydrogens (tertiary/aromatic N) is 3. The number of non-ortho nitro benzene ring substituents is 1. The van der Waals surface area contributed by atoms with E-state index in [0.29, 0.717) is 11.4 Å². The average Bonchev–Trinajstić information content (AvgIpc) is 2.75. The summed E-state index contributed by atoms with van der Waals surface area (Å²) in [6.45, 7) is 3.70. The van der Waals surface area contributed by atoms with Gasteiger partial charge in [-0.25, -0.2) is 0 Å². The van der Waals surface area contributed by atoms with Crippen LogP contribution in [-0.2, 0) is 4.79 Å². The van der Waals surface area contributed by atoms with Crippen molar-refractivity contribution < 1.29 is 9.72 Å². The van der Waals surface area contributed by atoms with Gasteiger partial charge in [-0.05, 0) is 60.7 Å². The summed E-state index contributed by atoms with van der Waals surface area (Å²) in [5, 5.41) is 25.0. The molecule has 0 bridgehead atoms. The molecule has 2 N–H and O–H groups in total. The van der Waals surface area contributed by atoms with Gasteiger partial charge in [0.1, 0.15) is 0 Å². The van der Waals surface area contributed by atoms with Crippen LogP contribution in [0.5, 0.6) is 0 Å². The number of hydrogen-bond donors (Lipinski definition) is 2. The van der Waals surface area contributed by atoms with E-state index in [0.717, 1.165) is 17.1 Å². The number of nitro groups is 1. The lowest BCUT2D eigenvalue weighted by Gasteiger charge is -2.10. The molecule has 3 aromatic rings. The standard InChI is InChI=1S/C22H21N5O3/c1-15(2)22(28)24-18-5-3-16(4-6-18)23-17-7-9-19(10-8-17)25-26-20-11-13-21(14-12-20)27(29)30/h3-15,23H,1-2H3,(H,24,28). The third-order valence-corrected chi connectivity index (χ3v) is 4.17. The van der Waals surface area contributed by atoms with E-state index in [1.807, 2.05) is 62.4 Å². The van der Waals surface area contributed by atoms with E-state index in [-0.39, 0.29) is 17.5 Å². The maximum Gasteiger partial charge on any atom is 0.269 e. The fourth-order valence-electron chi connectivity index (χ4n) is 2.46. The van der Waals surface area contributed by atoms with Crippen LogP contribution >= 0.6 is 0 Å². The summed E-state index contributed by atoms with van der Waals surface area (Å²) in [6.07, 6.45) is 0. The molecule has 8 heteroatoms. The molecule has 0 aliphatic carbocycles. The van der Waals surface area contributed by atoms with Crippen molar-refractivity contribution in [2.75, 3.05) is 10.6 Å². The van der Waals surface area contributed by atoms with E-state index >= 15 is 0 Å². The first-order valence-corrected chi connectivity index (χ1v) is 9.35. The Morgan fingerprint density at radius 2 is 1.23 bits per heavy atom. The molecule has 0 aliphatic rings. The first-order chi connectivity index (χ1) is 14.4. The van der Waals surface area contributed by atoms with Gasteiger partial charge in [-0.3, -0.25) is 14.9 Å². The van der Waals surface area contributed by atoms with E-state index in [1.54, 1.807) is 12.1 Å². The molecular weight excluding hydrogens is 382 g/mol. The lowest BCUT2D eigenvalue weighted by molar-refractivity contribution is -0.384. The van der Waals surface area contributed by atoms with Crippen molar-refractivity contribution >= 4 is 40.0 Å². The van der Waals surface area contributed by atoms with Crippen LogP contribution in [0.4, 0.5) is 34.1 Å². The molecule has 0 aliphatic heterocycles. The number of rotatable bonds is 7. The van der Waals surface area contributed by atoms with E-state index in [1.165, 1.54) is 12.1 Å². The number of amides is 1. The number of azo groups is 1. The molecule has 152 valence electrons. The van der Waals surface area contributed by atoms with Gasteiger partial charge in [-0.15, -0.1) is 0 Å². The quantitative estimate of drug-likeness (QED) is 0.272. The Kier molecular flexibility index (Phi) is 6.49. The van der Waals surface area contributed by atoms with Gasteiger partial charge in [0.2, 0.25) is 5.91 Å². The lowest BCUT2D eigenvalue weighted by atomic mass is 10.2. The van der Waals surface area contributed by atoms with Gasteiger partial charge >= 0.3 is 0 Å². The second-order valence-electron chi connectivity index (χ2n) is 6.87. The summed E-state index contributed by atoms with van der Waals surface area (Å²) in [6, 6.07) is 20.7. The number of anilines is 3. The first kappa shape index (κ1) is 20.7. The van der Waals surface area contributed by atoms with Crippen molar-refractivity contribution in [1.82, 2.24) is 0 Å². The molecule has 0 spiro atoms. The van der Waals surface area contributed by atoms with Crippen LogP contribution in [0.1, 0.15) is 13.8 Å². The van der Waals surface area contributed by atoms with Crippen LogP contribution in [0.3, 0.4) is 0 Å². The molecule has 8 nitrogen and oxygen atoms in total. The third-order valence-electron chi connectivity index (χ3n) is 4.17. The second-order valence-corrected chi connectivity index (χ2v) is 6.87. The highest BCUT2D eigenvalue weighted by Gasteiger charge is 2.07. The Morgan fingerprint density at radius 1 is 0.800 bits per heavy atom. The predicted molar refractivity (Wildman–Crippen MR) is 117 cm³/mol. The van der Waals surface area contributed by atoms with Crippen LogP contribution < -0.4 is 10.6 Å². The zero-order valence-electron chi connectivity index (χ0n) is 16.6. The summed E-state index contributed by atoms with van der Waals surface area (Å²) < 4.78 is 0. The van der Waals surface area contributed by atoms with E-state index in [4.69, 9.17) is 0 Å². The van der Waals surface area contributed by atoms with Crippen LogP contribution in [0.15, 0.2) is 83.0 Å². The predicted octanol–water partition coefficient (Wildman–Crippen LogP) is 6.35. The minimum absolute atomic E-state index is 0.0136. The summed E-state index contributed by atoms with van der Waals surface area (Å²) >= 11 is 0. The zero-order valence-corrected chi connectivity index (χ0v) is 16.6. The topological polar surface area (TPSA) is 109 Å². The van der Waals surface area contributed by atoms with Crippen molar-refractivity contribution in [3.8, 4) is 0 Å².